The van der Waals surface area contributed by atoms with Crippen molar-refractivity contribution in [3.63, 3.8) is 0 Å². The zero-order valence-corrected chi connectivity index (χ0v) is 10.8. The van der Waals surface area contributed by atoms with Gasteiger partial charge in [0.1, 0.15) is 0 Å². The van der Waals surface area contributed by atoms with Gasteiger partial charge < -0.3 is 14.2 Å². The van der Waals surface area contributed by atoms with Crippen molar-refractivity contribution in [1.29, 1.82) is 0 Å². The number of anilines is 1. The van der Waals surface area contributed by atoms with E-state index in [2.05, 4.69) is 10.5 Å². The number of amides is 2. The molecule has 7 nitrogen and oxygen atoms in total. The van der Waals surface area contributed by atoms with E-state index in [1.807, 2.05) is 0 Å². The average Bonchev–Trinajstić information content (AvgIpc) is 2.92. The molecule has 1 unspecified atom stereocenters. The first-order valence-corrected chi connectivity index (χ1v) is 6.34. The molecule has 1 saturated heterocycles. The van der Waals surface area contributed by atoms with Crippen molar-refractivity contribution >= 4 is 17.9 Å². The number of urea groups is 1. The lowest BCUT2D eigenvalue weighted by molar-refractivity contribution is -0.149. The minimum absolute atomic E-state index is 0.236. The largest absolute Gasteiger partial charge is 0.466 e. The third-order valence-electron chi connectivity index (χ3n) is 3.00. The van der Waals surface area contributed by atoms with Crippen LogP contribution in [0.3, 0.4) is 0 Å². The van der Waals surface area contributed by atoms with Gasteiger partial charge in [0, 0.05) is 19.2 Å². The second-order valence-electron chi connectivity index (χ2n) is 4.34. The number of esters is 1. The van der Waals surface area contributed by atoms with E-state index >= 15 is 0 Å². The Morgan fingerprint density at radius 2 is 2.47 bits per heavy atom. The van der Waals surface area contributed by atoms with Crippen LogP contribution in [0.15, 0.2) is 16.8 Å². The van der Waals surface area contributed by atoms with Gasteiger partial charge in [-0.3, -0.25) is 10.1 Å². The number of piperidine rings is 1. The molecular weight excluding hydrogens is 250 g/mol. The second-order valence-corrected chi connectivity index (χ2v) is 4.34. The summed E-state index contributed by atoms with van der Waals surface area (Å²) in [4.78, 5) is 25.2. The molecule has 7 heteroatoms. The lowest BCUT2D eigenvalue weighted by atomic mass is 9.98. The molecule has 0 spiro atoms. The van der Waals surface area contributed by atoms with E-state index in [1.165, 1.54) is 6.20 Å². The van der Waals surface area contributed by atoms with Crippen LogP contribution in [0.5, 0.6) is 0 Å². The van der Waals surface area contributed by atoms with Crippen molar-refractivity contribution in [1.82, 2.24) is 10.1 Å². The molecule has 0 bridgehead atoms. The molecule has 0 radical (unpaired) electrons. The summed E-state index contributed by atoms with van der Waals surface area (Å²) in [5.74, 6) is -0.183. The van der Waals surface area contributed by atoms with Gasteiger partial charge in [0.05, 0.1) is 18.7 Å². The van der Waals surface area contributed by atoms with E-state index in [-0.39, 0.29) is 17.9 Å². The van der Waals surface area contributed by atoms with E-state index in [0.717, 1.165) is 12.8 Å². The van der Waals surface area contributed by atoms with Crippen LogP contribution in [0.1, 0.15) is 19.8 Å². The topological polar surface area (TPSA) is 84.7 Å². The number of carbonyl (C=O) groups is 2. The first-order valence-electron chi connectivity index (χ1n) is 6.34. The number of nitrogens with zero attached hydrogens (tertiary/aromatic N) is 2. The minimum Gasteiger partial charge on any atom is -0.466 e. The Morgan fingerprint density at radius 3 is 3.16 bits per heavy atom. The van der Waals surface area contributed by atoms with Gasteiger partial charge in [-0.25, -0.2) is 4.79 Å². The fraction of sp³-hybridized carbons (Fsp3) is 0.583. The highest BCUT2D eigenvalue weighted by Crippen LogP contribution is 2.19. The summed E-state index contributed by atoms with van der Waals surface area (Å²) in [6, 6.07) is 1.27. The van der Waals surface area contributed by atoms with Crippen molar-refractivity contribution in [2.75, 3.05) is 25.0 Å². The zero-order valence-electron chi connectivity index (χ0n) is 10.8. The molecule has 104 valence electrons. The van der Waals surface area contributed by atoms with Crippen molar-refractivity contribution < 1.29 is 18.8 Å². The smallest absolute Gasteiger partial charge is 0.324 e. The van der Waals surface area contributed by atoms with Crippen molar-refractivity contribution in [3.8, 4) is 0 Å². The van der Waals surface area contributed by atoms with Gasteiger partial charge in [0.25, 0.3) is 0 Å². The van der Waals surface area contributed by atoms with E-state index in [4.69, 9.17) is 9.26 Å². The highest BCUT2D eigenvalue weighted by atomic mass is 16.5. The van der Waals surface area contributed by atoms with Gasteiger partial charge in [-0.2, -0.15) is 0 Å². The molecule has 1 fully saturated rings. The van der Waals surface area contributed by atoms with Crippen LogP contribution in [0.2, 0.25) is 0 Å². The second kappa shape index (κ2) is 6.21. The molecule has 1 aliphatic rings. The molecule has 1 aromatic rings. The minimum atomic E-state index is -0.286. The number of likely N-dealkylation sites (tertiary alicyclic amines) is 1. The fourth-order valence-electron chi connectivity index (χ4n) is 2.08. The monoisotopic (exact) mass is 267 g/mol. The molecular formula is C12H17N3O4. The molecule has 2 amide bonds. The standard InChI is InChI=1S/C12H17N3O4/c1-2-18-11(16)9-4-3-7-15(8-9)12(17)14-10-5-6-13-19-10/h5-6,9H,2-4,7-8H2,1H3,(H,14,17). The number of hydrogen-bond donors (Lipinski definition) is 1. The quantitative estimate of drug-likeness (QED) is 0.838. The highest BCUT2D eigenvalue weighted by Gasteiger charge is 2.29. The Bertz CT molecular complexity index is 432. The molecule has 0 saturated carbocycles. The Kier molecular flexibility index (Phi) is 4.38. The third kappa shape index (κ3) is 3.46. The number of hydrogen-bond acceptors (Lipinski definition) is 5. The van der Waals surface area contributed by atoms with Gasteiger partial charge in [-0.15, -0.1) is 0 Å². The predicted molar refractivity (Wildman–Crippen MR) is 66.5 cm³/mol. The van der Waals surface area contributed by atoms with Gasteiger partial charge in [0.2, 0.25) is 5.88 Å². The molecule has 19 heavy (non-hydrogen) atoms. The average molecular weight is 267 g/mol. The predicted octanol–water partition coefficient (Wildman–Crippen LogP) is 1.48. The summed E-state index contributed by atoms with van der Waals surface area (Å²) in [7, 11) is 0. The lowest BCUT2D eigenvalue weighted by Crippen LogP contribution is -2.44. The van der Waals surface area contributed by atoms with Gasteiger partial charge in [-0.1, -0.05) is 5.16 Å². The molecule has 0 aromatic carbocycles. The van der Waals surface area contributed by atoms with E-state index < -0.39 is 0 Å². The van der Waals surface area contributed by atoms with Gasteiger partial charge in [-0.05, 0) is 19.8 Å². The zero-order chi connectivity index (χ0) is 13.7. The number of carbonyl (C=O) groups excluding carboxylic acids is 2. The van der Waals surface area contributed by atoms with Crippen LogP contribution < -0.4 is 5.32 Å². The maximum Gasteiger partial charge on any atom is 0.324 e. The van der Waals surface area contributed by atoms with Crippen LogP contribution >= 0.6 is 0 Å². The van der Waals surface area contributed by atoms with Crippen LogP contribution in [-0.2, 0) is 9.53 Å². The first-order chi connectivity index (χ1) is 9.20. The van der Waals surface area contributed by atoms with E-state index in [0.29, 0.717) is 25.6 Å². The Hall–Kier alpha value is -2.05. The van der Waals surface area contributed by atoms with Gasteiger partial charge >= 0.3 is 12.0 Å². The van der Waals surface area contributed by atoms with Gasteiger partial charge in [0.15, 0.2) is 0 Å². The molecule has 1 aromatic heterocycles. The molecule has 2 heterocycles. The van der Waals surface area contributed by atoms with Crippen LogP contribution in [0.4, 0.5) is 10.7 Å². The van der Waals surface area contributed by atoms with Crippen molar-refractivity contribution in [2.45, 2.75) is 19.8 Å². The summed E-state index contributed by atoms with van der Waals surface area (Å²) in [6.45, 7) is 3.13. The van der Waals surface area contributed by atoms with Crippen LogP contribution in [-0.4, -0.2) is 41.8 Å². The molecule has 1 N–H and O–H groups in total. The molecule has 1 aliphatic heterocycles. The summed E-state index contributed by atoms with van der Waals surface area (Å²) in [5.41, 5.74) is 0. The Labute approximate surface area is 110 Å². The first kappa shape index (κ1) is 13.4. The number of aromatic nitrogens is 1. The van der Waals surface area contributed by atoms with Crippen LogP contribution in [0, 0.1) is 5.92 Å². The maximum absolute atomic E-state index is 12.0. The fourth-order valence-corrected chi connectivity index (χ4v) is 2.08. The highest BCUT2D eigenvalue weighted by molar-refractivity contribution is 5.88. The lowest BCUT2D eigenvalue weighted by Gasteiger charge is -2.31. The number of rotatable bonds is 3. The normalized spacial score (nSPS) is 19.0. The summed E-state index contributed by atoms with van der Waals surface area (Å²) < 4.78 is 9.80. The van der Waals surface area contributed by atoms with Crippen molar-refractivity contribution in [2.24, 2.45) is 5.92 Å². The molecule has 0 aliphatic carbocycles. The SMILES string of the molecule is CCOC(=O)C1CCCN(C(=O)Nc2ccno2)C1. The third-order valence-corrected chi connectivity index (χ3v) is 3.00. The Morgan fingerprint density at radius 1 is 1.63 bits per heavy atom. The molecule has 1 atom stereocenters. The van der Waals surface area contributed by atoms with Crippen molar-refractivity contribution in [3.05, 3.63) is 12.3 Å². The number of nitrogens with one attached hydrogen (secondary N) is 1. The summed E-state index contributed by atoms with van der Waals surface area (Å²) in [6.07, 6.45) is 2.99. The molecule has 2 rings (SSSR count). The summed E-state index contributed by atoms with van der Waals surface area (Å²) in [5, 5.41) is 6.09. The maximum atomic E-state index is 12.0. The summed E-state index contributed by atoms with van der Waals surface area (Å²) >= 11 is 0. The van der Waals surface area contributed by atoms with E-state index in [1.54, 1.807) is 17.9 Å². The number of ether oxygens (including phenoxy) is 1. The Balaban J connectivity index is 1.89. The van der Waals surface area contributed by atoms with Crippen LogP contribution in [0.25, 0.3) is 0 Å². The van der Waals surface area contributed by atoms with E-state index in [9.17, 15) is 9.59 Å².